The van der Waals surface area contributed by atoms with E-state index in [2.05, 4.69) is 27.8 Å². The lowest BCUT2D eigenvalue weighted by Gasteiger charge is -2.11. The lowest BCUT2D eigenvalue weighted by molar-refractivity contribution is -0.125. The second-order valence-corrected chi connectivity index (χ2v) is 6.02. The first-order valence-corrected chi connectivity index (χ1v) is 5.34. The molecule has 74 valence electrons. The molecule has 0 bridgehead atoms. The standard InChI is InChI=1S/C8H10BrCl2NO/c1-5(9)3-12-6(13)7(2)4-8(7,10)11/h1,3-4H2,2H3,(H,12,13). The summed E-state index contributed by atoms with van der Waals surface area (Å²) in [4.78, 5) is 11.5. The molecular formula is C8H10BrCl2NO. The van der Waals surface area contributed by atoms with E-state index in [4.69, 9.17) is 23.2 Å². The number of halogens is 3. The summed E-state index contributed by atoms with van der Waals surface area (Å²) in [6.45, 7) is 5.75. The number of nitrogens with one attached hydrogen (secondary N) is 1. The van der Waals surface area contributed by atoms with Crippen molar-refractivity contribution in [2.24, 2.45) is 5.41 Å². The molecule has 2 nitrogen and oxygen atoms in total. The van der Waals surface area contributed by atoms with Crippen LogP contribution >= 0.6 is 39.1 Å². The third-order valence-corrected chi connectivity index (χ3v) is 3.58. The molecule has 13 heavy (non-hydrogen) atoms. The van der Waals surface area contributed by atoms with Gasteiger partial charge in [-0.15, -0.1) is 23.2 Å². The SMILES string of the molecule is C=C(Br)CNC(=O)C1(C)CC1(Cl)Cl. The van der Waals surface area contributed by atoms with Crippen molar-refractivity contribution in [1.29, 1.82) is 0 Å². The monoisotopic (exact) mass is 285 g/mol. The van der Waals surface area contributed by atoms with E-state index in [1.807, 2.05) is 0 Å². The number of alkyl halides is 2. The van der Waals surface area contributed by atoms with Crippen molar-refractivity contribution in [2.75, 3.05) is 6.54 Å². The molecule has 1 saturated carbocycles. The second-order valence-electron chi connectivity index (χ2n) is 3.41. The van der Waals surface area contributed by atoms with Crippen LogP contribution in [-0.4, -0.2) is 16.8 Å². The molecule has 0 aliphatic heterocycles. The molecule has 1 fully saturated rings. The molecule has 1 rings (SSSR count). The highest BCUT2D eigenvalue weighted by Gasteiger charge is 2.67. The summed E-state index contributed by atoms with van der Waals surface area (Å²) in [5.74, 6) is -0.127. The predicted octanol–water partition coefficient (Wildman–Crippen LogP) is 2.60. The Hall–Kier alpha value is 0.270. The Morgan fingerprint density at radius 1 is 1.69 bits per heavy atom. The van der Waals surface area contributed by atoms with Gasteiger partial charge in [0.15, 0.2) is 0 Å². The minimum Gasteiger partial charge on any atom is -0.351 e. The summed E-state index contributed by atoms with van der Waals surface area (Å²) < 4.78 is -0.176. The maximum atomic E-state index is 11.5. The van der Waals surface area contributed by atoms with Gasteiger partial charge in [-0.25, -0.2) is 0 Å². The highest BCUT2D eigenvalue weighted by molar-refractivity contribution is 9.11. The van der Waals surface area contributed by atoms with Gasteiger partial charge in [0.1, 0.15) is 4.33 Å². The fourth-order valence-corrected chi connectivity index (χ4v) is 1.86. The van der Waals surface area contributed by atoms with Gasteiger partial charge < -0.3 is 5.32 Å². The van der Waals surface area contributed by atoms with E-state index >= 15 is 0 Å². The van der Waals surface area contributed by atoms with E-state index in [1.54, 1.807) is 6.92 Å². The van der Waals surface area contributed by atoms with E-state index in [-0.39, 0.29) is 5.91 Å². The average Bonchev–Trinajstić information content (AvgIpc) is 2.48. The first-order valence-electron chi connectivity index (χ1n) is 3.79. The van der Waals surface area contributed by atoms with Gasteiger partial charge in [-0.05, 0) is 13.3 Å². The zero-order valence-electron chi connectivity index (χ0n) is 7.16. The number of rotatable bonds is 3. The Bertz CT molecular complexity index is 267. The van der Waals surface area contributed by atoms with E-state index in [9.17, 15) is 4.79 Å². The number of hydrogen-bond acceptors (Lipinski definition) is 1. The first-order chi connectivity index (χ1) is 5.79. The molecule has 0 heterocycles. The molecule has 1 unspecified atom stereocenters. The predicted molar refractivity (Wildman–Crippen MR) is 58.2 cm³/mol. The van der Waals surface area contributed by atoms with Crippen LogP contribution in [0.5, 0.6) is 0 Å². The maximum Gasteiger partial charge on any atom is 0.229 e. The molecule has 5 heteroatoms. The average molecular weight is 287 g/mol. The molecular weight excluding hydrogens is 277 g/mol. The molecule has 1 amide bonds. The lowest BCUT2D eigenvalue weighted by atomic mass is 10.1. The highest BCUT2D eigenvalue weighted by atomic mass is 79.9. The highest BCUT2D eigenvalue weighted by Crippen LogP contribution is 2.63. The normalized spacial score (nSPS) is 29.5. The summed E-state index contributed by atoms with van der Waals surface area (Å²) in [6.07, 6.45) is 0.504. The largest absolute Gasteiger partial charge is 0.351 e. The van der Waals surface area contributed by atoms with Crippen LogP contribution in [0, 0.1) is 5.41 Å². The van der Waals surface area contributed by atoms with Crippen molar-refractivity contribution in [3.05, 3.63) is 11.1 Å². The Morgan fingerprint density at radius 2 is 2.15 bits per heavy atom. The van der Waals surface area contributed by atoms with E-state index in [1.165, 1.54) is 0 Å². The van der Waals surface area contributed by atoms with Gasteiger partial charge in [0.05, 0.1) is 5.41 Å². The van der Waals surface area contributed by atoms with Crippen LogP contribution in [0.1, 0.15) is 13.3 Å². The quantitative estimate of drug-likeness (QED) is 0.794. The molecule has 0 spiro atoms. The summed E-state index contributed by atoms with van der Waals surface area (Å²) in [7, 11) is 0. The molecule has 0 aromatic heterocycles. The van der Waals surface area contributed by atoms with E-state index in [0.29, 0.717) is 13.0 Å². The first kappa shape index (κ1) is 11.3. The summed E-state index contributed by atoms with van der Waals surface area (Å²) >= 11 is 14.8. The van der Waals surface area contributed by atoms with Crippen LogP contribution in [0.25, 0.3) is 0 Å². The Labute approximate surface area is 95.8 Å². The Balaban J connectivity index is 2.47. The zero-order chi connectivity index (χ0) is 10.3. The minimum atomic E-state index is -0.898. The minimum absolute atomic E-state index is 0.127. The molecule has 0 radical (unpaired) electrons. The third-order valence-electron chi connectivity index (χ3n) is 2.20. The maximum absolute atomic E-state index is 11.5. The molecule has 1 aliphatic carbocycles. The number of carbonyl (C=O) groups is 1. The lowest BCUT2D eigenvalue weighted by Crippen LogP contribution is -2.33. The molecule has 0 aromatic carbocycles. The van der Waals surface area contributed by atoms with Crippen LogP contribution in [-0.2, 0) is 4.79 Å². The van der Waals surface area contributed by atoms with Gasteiger partial charge in [0.2, 0.25) is 5.91 Å². The topological polar surface area (TPSA) is 29.1 Å². The van der Waals surface area contributed by atoms with Gasteiger partial charge in [-0.3, -0.25) is 4.79 Å². The second kappa shape index (κ2) is 3.44. The van der Waals surface area contributed by atoms with Gasteiger partial charge in [-0.2, -0.15) is 0 Å². The molecule has 0 aromatic rings. The van der Waals surface area contributed by atoms with E-state index < -0.39 is 9.75 Å². The van der Waals surface area contributed by atoms with Gasteiger partial charge in [0.25, 0.3) is 0 Å². The van der Waals surface area contributed by atoms with Crippen molar-refractivity contribution < 1.29 is 4.79 Å². The molecule has 1 N–H and O–H groups in total. The fraction of sp³-hybridized carbons (Fsp3) is 0.625. The summed E-state index contributed by atoms with van der Waals surface area (Å²) in [5, 5.41) is 2.69. The van der Waals surface area contributed by atoms with Crippen LogP contribution < -0.4 is 5.32 Å². The van der Waals surface area contributed by atoms with Gasteiger partial charge in [-0.1, -0.05) is 22.5 Å². The van der Waals surface area contributed by atoms with Gasteiger partial charge >= 0.3 is 0 Å². The van der Waals surface area contributed by atoms with Crippen molar-refractivity contribution in [3.8, 4) is 0 Å². The molecule has 1 aliphatic rings. The smallest absolute Gasteiger partial charge is 0.229 e. The van der Waals surface area contributed by atoms with Crippen molar-refractivity contribution >= 4 is 45.0 Å². The Kier molecular flexibility index (Phi) is 3.01. The summed E-state index contributed by atoms with van der Waals surface area (Å²) in [6, 6.07) is 0. The number of carbonyl (C=O) groups excluding carboxylic acids is 1. The van der Waals surface area contributed by atoms with Crippen LogP contribution in [0.4, 0.5) is 0 Å². The fourth-order valence-electron chi connectivity index (χ4n) is 1.02. The number of amides is 1. The molecule has 0 saturated heterocycles. The van der Waals surface area contributed by atoms with E-state index in [0.717, 1.165) is 4.48 Å². The van der Waals surface area contributed by atoms with Gasteiger partial charge in [0, 0.05) is 11.0 Å². The number of hydrogen-bond donors (Lipinski definition) is 1. The van der Waals surface area contributed by atoms with Crippen LogP contribution in [0.15, 0.2) is 11.1 Å². The third kappa shape index (κ3) is 2.20. The van der Waals surface area contributed by atoms with Crippen molar-refractivity contribution in [1.82, 2.24) is 5.32 Å². The van der Waals surface area contributed by atoms with Crippen LogP contribution in [0.3, 0.4) is 0 Å². The zero-order valence-corrected chi connectivity index (χ0v) is 10.3. The summed E-state index contributed by atoms with van der Waals surface area (Å²) in [5.41, 5.74) is -0.640. The van der Waals surface area contributed by atoms with Crippen molar-refractivity contribution in [3.63, 3.8) is 0 Å². The van der Waals surface area contributed by atoms with Crippen LogP contribution in [0.2, 0.25) is 0 Å². The van der Waals surface area contributed by atoms with Crippen molar-refractivity contribution in [2.45, 2.75) is 17.7 Å². The Morgan fingerprint density at radius 3 is 2.46 bits per heavy atom. The molecule has 1 atom stereocenters.